The maximum absolute atomic E-state index is 4.28. The highest BCUT2D eigenvalue weighted by Crippen LogP contribution is 2.37. The molecule has 0 bridgehead atoms. The zero-order chi connectivity index (χ0) is 11.7. The van der Waals surface area contributed by atoms with Gasteiger partial charge in [-0.25, -0.2) is 4.98 Å². The molecule has 1 saturated carbocycles. The molecule has 2 N–H and O–H groups in total. The van der Waals surface area contributed by atoms with Gasteiger partial charge in [-0.2, -0.15) is 0 Å². The molecule has 2 aliphatic rings. The molecule has 17 heavy (non-hydrogen) atoms. The van der Waals surface area contributed by atoms with E-state index in [0.717, 1.165) is 29.9 Å². The summed E-state index contributed by atoms with van der Waals surface area (Å²) in [6.07, 6.45) is 6.32. The van der Waals surface area contributed by atoms with E-state index in [1.54, 1.807) is 11.3 Å². The SMILES string of the molecule is Cc1ncc(CNCC2NCC3CCCC32)s1. The molecule has 2 fully saturated rings. The predicted octanol–water partition coefficient (Wildman–Crippen LogP) is 1.93. The molecular formula is C13H21N3S. The molecule has 0 aromatic carbocycles. The molecule has 0 radical (unpaired) electrons. The van der Waals surface area contributed by atoms with Crippen LogP contribution in [-0.4, -0.2) is 24.1 Å². The third-order valence-corrected chi connectivity index (χ3v) is 5.12. The molecule has 1 saturated heterocycles. The van der Waals surface area contributed by atoms with Gasteiger partial charge in [0.05, 0.1) is 5.01 Å². The molecule has 1 aromatic rings. The second-order valence-electron chi connectivity index (χ2n) is 5.35. The number of rotatable bonds is 4. The second-order valence-corrected chi connectivity index (χ2v) is 6.67. The van der Waals surface area contributed by atoms with Crippen LogP contribution in [0.25, 0.3) is 0 Å². The normalized spacial score (nSPS) is 31.9. The fraction of sp³-hybridized carbons (Fsp3) is 0.769. The number of thiazole rings is 1. The summed E-state index contributed by atoms with van der Waals surface area (Å²) in [5, 5.41) is 8.42. The van der Waals surface area contributed by atoms with Crippen LogP contribution >= 0.6 is 11.3 Å². The molecule has 3 nitrogen and oxygen atoms in total. The molecule has 1 aliphatic heterocycles. The van der Waals surface area contributed by atoms with E-state index in [4.69, 9.17) is 0 Å². The molecule has 94 valence electrons. The molecule has 3 unspecified atom stereocenters. The van der Waals surface area contributed by atoms with E-state index in [0.29, 0.717) is 6.04 Å². The highest BCUT2D eigenvalue weighted by Gasteiger charge is 2.38. The van der Waals surface area contributed by atoms with Crippen molar-refractivity contribution in [2.45, 2.75) is 38.8 Å². The summed E-state index contributed by atoms with van der Waals surface area (Å²) in [5.41, 5.74) is 0. The number of nitrogens with one attached hydrogen (secondary N) is 2. The van der Waals surface area contributed by atoms with E-state index in [1.165, 1.54) is 30.7 Å². The molecule has 3 atom stereocenters. The van der Waals surface area contributed by atoms with Gasteiger partial charge in [0, 0.05) is 30.2 Å². The lowest BCUT2D eigenvalue weighted by atomic mass is 9.94. The van der Waals surface area contributed by atoms with Crippen molar-refractivity contribution in [2.75, 3.05) is 13.1 Å². The summed E-state index contributed by atoms with van der Waals surface area (Å²) in [6.45, 7) is 5.39. The maximum Gasteiger partial charge on any atom is 0.0897 e. The minimum absolute atomic E-state index is 0.705. The second kappa shape index (κ2) is 5.04. The average molecular weight is 251 g/mol. The third kappa shape index (κ3) is 2.54. The molecular weight excluding hydrogens is 230 g/mol. The molecule has 2 heterocycles. The Kier molecular flexibility index (Phi) is 3.45. The Bertz CT molecular complexity index is 376. The summed E-state index contributed by atoms with van der Waals surface area (Å²) in [7, 11) is 0. The van der Waals surface area contributed by atoms with Gasteiger partial charge < -0.3 is 10.6 Å². The summed E-state index contributed by atoms with van der Waals surface area (Å²) in [6, 6.07) is 0.705. The van der Waals surface area contributed by atoms with E-state index in [1.807, 2.05) is 6.20 Å². The number of hydrogen-bond donors (Lipinski definition) is 2. The Balaban J connectivity index is 1.45. The Hall–Kier alpha value is -0.450. The molecule has 3 rings (SSSR count). The molecule has 1 aliphatic carbocycles. The lowest BCUT2D eigenvalue weighted by Gasteiger charge is -2.18. The van der Waals surface area contributed by atoms with Crippen LogP contribution in [0.5, 0.6) is 0 Å². The smallest absolute Gasteiger partial charge is 0.0897 e. The lowest BCUT2D eigenvalue weighted by molar-refractivity contribution is 0.393. The van der Waals surface area contributed by atoms with Gasteiger partial charge >= 0.3 is 0 Å². The number of aryl methyl sites for hydroxylation is 1. The van der Waals surface area contributed by atoms with E-state index in [-0.39, 0.29) is 0 Å². The zero-order valence-corrected chi connectivity index (χ0v) is 11.2. The van der Waals surface area contributed by atoms with E-state index >= 15 is 0 Å². The third-order valence-electron chi connectivity index (χ3n) is 4.21. The van der Waals surface area contributed by atoms with Crippen molar-refractivity contribution in [3.8, 4) is 0 Å². The first-order chi connectivity index (χ1) is 8.33. The van der Waals surface area contributed by atoms with Gasteiger partial charge in [-0.3, -0.25) is 0 Å². The van der Waals surface area contributed by atoms with Gasteiger partial charge in [-0.15, -0.1) is 11.3 Å². The van der Waals surface area contributed by atoms with Gasteiger partial charge in [0.25, 0.3) is 0 Å². The Morgan fingerprint density at radius 3 is 3.29 bits per heavy atom. The van der Waals surface area contributed by atoms with Crippen LogP contribution in [0.4, 0.5) is 0 Å². The number of hydrogen-bond acceptors (Lipinski definition) is 4. The molecule has 4 heteroatoms. The fourth-order valence-electron chi connectivity index (χ4n) is 3.36. The monoisotopic (exact) mass is 251 g/mol. The van der Waals surface area contributed by atoms with Crippen molar-refractivity contribution >= 4 is 11.3 Å². The van der Waals surface area contributed by atoms with Gasteiger partial charge in [0.2, 0.25) is 0 Å². The predicted molar refractivity (Wildman–Crippen MR) is 71.2 cm³/mol. The fourth-order valence-corrected chi connectivity index (χ4v) is 4.13. The van der Waals surface area contributed by atoms with Crippen LogP contribution in [0.3, 0.4) is 0 Å². The summed E-state index contributed by atoms with van der Waals surface area (Å²) < 4.78 is 0. The van der Waals surface area contributed by atoms with Crippen LogP contribution in [0.2, 0.25) is 0 Å². The number of aromatic nitrogens is 1. The molecule has 0 amide bonds. The van der Waals surface area contributed by atoms with Crippen LogP contribution in [0, 0.1) is 18.8 Å². The van der Waals surface area contributed by atoms with E-state index in [2.05, 4.69) is 22.5 Å². The average Bonchev–Trinajstić information content (AvgIpc) is 2.97. The van der Waals surface area contributed by atoms with Gasteiger partial charge in [-0.05, 0) is 38.1 Å². The van der Waals surface area contributed by atoms with Crippen LogP contribution in [-0.2, 0) is 6.54 Å². The van der Waals surface area contributed by atoms with E-state index in [9.17, 15) is 0 Å². The van der Waals surface area contributed by atoms with Crippen LogP contribution in [0.1, 0.15) is 29.1 Å². The largest absolute Gasteiger partial charge is 0.312 e. The molecule has 0 spiro atoms. The van der Waals surface area contributed by atoms with Crippen LogP contribution in [0.15, 0.2) is 6.20 Å². The highest BCUT2D eigenvalue weighted by molar-refractivity contribution is 7.11. The Labute approximate surface area is 107 Å². The van der Waals surface area contributed by atoms with Crippen molar-refractivity contribution in [2.24, 2.45) is 11.8 Å². The van der Waals surface area contributed by atoms with Crippen molar-refractivity contribution in [1.82, 2.24) is 15.6 Å². The standard InChI is InChI=1S/C13H21N3S/c1-9-15-7-11(17-9)6-14-8-13-12-4-2-3-10(12)5-16-13/h7,10,12-14,16H,2-6,8H2,1H3. The van der Waals surface area contributed by atoms with Crippen molar-refractivity contribution in [3.05, 3.63) is 16.1 Å². The minimum Gasteiger partial charge on any atom is -0.312 e. The van der Waals surface area contributed by atoms with Crippen molar-refractivity contribution < 1.29 is 0 Å². The summed E-state index contributed by atoms with van der Waals surface area (Å²) in [5.74, 6) is 1.90. The first kappa shape index (κ1) is 11.6. The maximum atomic E-state index is 4.28. The van der Waals surface area contributed by atoms with E-state index < -0.39 is 0 Å². The van der Waals surface area contributed by atoms with Gasteiger partial charge in [-0.1, -0.05) is 6.42 Å². The topological polar surface area (TPSA) is 37.0 Å². The van der Waals surface area contributed by atoms with Crippen molar-refractivity contribution in [3.63, 3.8) is 0 Å². The number of fused-ring (bicyclic) bond motifs is 1. The van der Waals surface area contributed by atoms with Gasteiger partial charge in [0.1, 0.15) is 0 Å². The first-order valence-electron chi connectivity index (χ1n) is 6.68. The minimum atomic E-state index is 0.705. The van der Waals surface area contributed by atoms with Crippen molar-refractivity contribution in [1.29, 1.82) is 0 Å². The van der Waals surface area contributed by atoms with Gasteiger partial charge in [0.15, 0.2) is 0 Å². The quantitative estimate of drug-likeness (QED) is 0.858. The van der Waals surface area contributed by atoms with Crippen LogP contribution < -0.4 is 10.6 Å². The summed E-state index contributed by atoms with van der Waals surface area (Å²) in [4.78, 5) is 5.63. The number of nitrogens with zero attached hydrogens (tertiary/aromatic N) is 1. The first-order valence-corrected chi connectivity index (χ1v) is 7.50. The zero-order valence-electron chi connectivity index (χ0n) is 10.4. The summed E-state index contributed by atoms with van der Waals surface area (Å²) >= 11 is 1.80. The highest BCUT2D eigenvalue weighted by atomic mass is 32.1. The lowest BCUT2D eigenvalue weighted by Crippen LogP contribution is -2.37. The molecule has 1 aromatic heterocycles. The Morgan fingerprint density at radius 1 is 1.53 bits per heavy atom. The Morgan fingerprint density at radius 2 is 2.47 bits per heavy atom.